The number of anilines is 2. The van der Waals surface area contributed by atoms with Gasteiger partial charge >= 0.3 is 5.97 Å². The number of rotatable bonds is 13. The molecular weight excluding hydrogens is 707 g/mol. The van der Waals surface area contributed by atoms with Crippen LogP contribution in [0.5, 0.6) is 5.75 Å². The summed E-state index contributed by atoms with van der Waals surface area (Å²) < 4.78 is 10.9. The molecule has 0 fully saturated rings. The second kappa shape index (κ2) is 17.8. The lowest BCUT2D eigenvalue weighted by Gasteiger charge is -2.33. The van der Waals surface area contributed by atoms with Gasteiger partial charge in [-0.15, -0.1) is 23.1 Å². The van der Waals surface area contributed by atoms with Gasteiger partial charge in [0, 0.05) is 26.6 Å². The highest BCUT2D eigenvalue weighted by atomic mass is 32.2. The van der Waals surface area contributed by atoms with Gasteiger partial charge < -0.3 is 25.4 Å². The highest BCUT2D eigenvalue weighted by molar-refractivity contribution is 8.00. The van der Waals surface area contributed by atoms with Gasteiger partial charge in [-0.25, -0.2) is 4.79 Å². The van der Waals surface area contributed by atoms with Crippen molar-refractivity contribution in [2.75, 3.05) is 24.4 Å². The summed E-state index contributed by atoms with van der Waals surface area (Å²) in [6.45, 7) is 11.0. The van der Waals surface area contributed by atoms with Crippen LogP contribution in [0, 0.1) is 11.3 Å². The van der Waals surface area contributed by atoms with Crippen molar-refractivity contribution in [2.45, 2.75) is 70.4 Å². The lowest BCUT2D eigenvalue weighted by molar-refractivity contribution is -0.116. The normalized spacial score (nSPS) is 14.8. The highest BCUT2D eigenvalue weighted by Crippen LogP contribution is 2.45. The SMILES string of the molecule is CCOc1ccccc1/C=C(/NC(=O)c1ccccc1)C(=O)Nc1cccc(SC(CC)C(=O)Nc2sc3c(c2C(=O)OC)CCC(C(C)(C)C)C3)c1. The average Bonchev–Trinajstić information content (AvgIpc) is 3.51. The minimum atomic E-state index is -0.529. The Bertz CT molecular complexity index is 1980. The first-order valence-electron chi connectivity index (χ1n) is 17.8. The molecule has 2 unspecified atom stereocenters. The van der Waals surface area contributed by atoms with Gasteiger partial charge in [0.15, 0.2) is 0 Å². The second-order valence-electron chi connectivity index (χ2n) is 13.8. The Morgan fingerprint density at radius 3 is 2.40 bits per heavy atom. The molecule has 11 heteroatoms. The number of fused-ring (bicyclic) bond motifs is 1. The molecule has 0 saturated heterocycles. The quantitative estimate of drug-likeness (QED) is 0.0708. The fourth-order valence-corrected chi connectivity index (χ4v) is 8.57. The summed E-state index contributed by atoms with van der Waals surface area (Å²) in [6, 6.07) is 23.2. The van der Waals surface area contributed by atoms with E-state index < -0.39 is 23.0 Å². The average molecular weight is 754 g/mol. The molecule has 278 valence electrons. The number of thiophene rings is 1. The molecule has 9 nitrogen and oxygen atoms in total. The predicted octanol–water partition coefficient (Wildman–Crippen LogP) is 9.00. The minimum absolute atomic E-state index is 0.0313. The maximum atomic E-state index is 13.8. The Morgan fingerprint density at radius 2 is 1.70 bits per heavy atom. The Balaban J connectivity index is 1.34. The second-order valence-corrected chi connectivity index (χ2v) is 16.2. The summed E-state index contributed by atoms with van der Waals surface area (Å²) in [7, 11) is 1.37. The molecule has 3 amide bonds. The van der Waals surface area contributed by atoms with Gasteiger partial charge in [0.25, 0.3) is 11.8 Å². The van der Waals surface area contributed by atoms with E-state index in [0.717, 1.165) is 34.6 Å². The number of ether oxygens (including phenoxy) is 2. The first kappa shape index (κ1) is 39.3. The van der Waals surface area contributed by atoms with Crippen LogP contribution in [0.2, 0.25) is 0 Å². The number of benzene rings is 3. The molecule has 0 radical (unpaired) electrons. The zero-order valence-corrected chi connectivity index (χ0v) is 32.7. The van der Waals surface area contributed by atoms with E-state index in [1.54, 1.807) is 54.6 Å². The van der Waals surface area contributed by atoms with Crippen molar-refractivity contribution in [3.8, 4) is 5.75 Å². The van der Waals surface area contributed by atoms with Crippen LogP contribution in [-0.2, 0) is 27.2 Å². The first-order chi connectivity index (χ1) is 25.4. The van der Waals surface area contributed by atoms with Crippen molar-refractivity contribution in [3.63, 3.8) is 0 Å². The fraction of sp³-hybridized carbons (Fsp3) is 0.333. The molecule has 5 rings (SSSR count). The van der Waals surface area contributed by atoms with E-state index in [-0.39, 0.29) is 17.0 Å². The van der Waals surface area contributed by atoms with Gasteiger partial charge in [-0.1, -0.05) is 70.2 Å². The zero-order valence-electron chi connectivity index (χ0n) is 31.0. The predicted molar refractivity (Wildman–Crippen MR) is 214 cm³/mol. The Morgan fingerprint density at radius 1 is 0.962 bits per heavy atom. The molecule has 0 bridgehead atoms. The Kier molecular flexibility index (Phi) is 13.2. The number of carbonyl (C=O) groups excluding carboxylic acids is 4. The van der Waals surface area contributed by atoms with E-state index in [0.29, 0.717) is 52.1 Å². The molecule has 2 atom stereocenters. The van der Waals surface area contributed by atoms with E-state index >= 15 is 0 Å². The topological polar surface area (TPSA) is 123 Å². The maximum Gasteiger partial charge on any atom is 0.341 e. The van der Waals surface area contributed by atoms with E-state index in [2.05, 4.69) is 36.7 Å². The van der Waals surface area contributed by atoms with Gasteiger partial charge in [0.05, 0.1) is 24.5 Å². The van der Waals surface area contributed by atoms with Crippen molar-refractivity contribution in [2.24, 2.45) is 11.3 Å². The zero-order chi connectivity index (χ0) is 38.1. The minimum Gasteiger partial charge on any atom is -0.493 e. The molecule has 0 saturated carbocycles. The first-order valence-corrected chi connectivity index (χ1v) is 19.5. The number of carbonyl (C=O) groups is 4. The third-order valence-corrected chi connectivity index (χ3v) is 11.7. The number of para-hydroxylation sites is 1. The summed E-state index contributed by atoms with van der Waals surface area (Å²) in [5.41, 5.74) is 3.13. The number of amides is 3. The molecule has 0 aliphatic heterocycles. The lowest BCUT2D eigenvalue weighted by Crippen LogP contribution is -2.30. The van der Waals surface area contributed by atoms with Gasteiger partial charge in [0.2, 0.25) is 5.91 Å². The van der Waals surface area contributed by atoms with Gasteiger partial charge in [0.1, 0.15) is 16.4 Å². The van der Waals surface area contributed by atoms with Gasteiger partial charge in [-0.2, -0.15) is 0 Å². The van der Waals surface area contributed by atoms with E-state index in [9.17, 15) is 19.2 Å². The van der Waals surface area contributed by atoms with Crippen LogP contribution in [0.3, 0.4) is 0 Å². The largest absolute Gasteiger partial charge is 0.493 e. The monoisotopic (exact) mass is 753 g/mol. The molecule has 3 N–H and O–H groups in total. The van der Waals surface area contributed by atoms with Crippen LogP contribution < -0.4 is 20.7 Å². The van der Waals surface area contributed by atoms with Crippen molar-refractivity contribution in [1.82, 2.24) is 5.32 Å². The fourth-order valence-electron chi connectivity index (χ4n) is 6.24. The summed E-state index contributed by atoms with van der Waals surface area (Å²) in [5, 5.41) is 8.80. The van der Waals surface area contributed by atoms with E-state index in [1.807, 2.05) is 44.2 Å². The molecular formula is C42H47N3O6S2. The van der Waals surface area contributed by atoms with E-state index in [4.69, 9.17) is 9.47 Å². The molecule has 1 aliphatic rings. The maximum absolute atomic E-state index is 13.8. The Labute approximate surface area is 319 Å². The summed E-state index contributed by atoms with van der Waals surface area (Å²) in [5.74, 6) is -0.564. The van der Waals surface area contributed by atoms with Crippen LogP contribution >= 0.6 is 23.1 Å². The number of esters is 1. The number of thioether (sulfide) groups is 1. The molecule has 1 heterocycles. The molecule has 53 heavy (non-hydrogen) atoms. The molecule has 4 aromatic rings. The third kappa shape index (κ3) is 9.97. The van der Waals surface area contributed by atoms with Crippen LogP contribution in [0.1, 0.15) is 84.2 Å². The van der Waals surface area contributed by atoms with Gasteiger partial charge in [-0.05, 0) is 92.0 Å². The third-order valence-electron chi connectivity index (χ3n) is 9.20. The highest BCUT2D eigenvalue weighted by Gasteiger charge is 2.35. The number of nitrogens with one attached hydrogen (secondary N) is 3. The summed E-state index contributed by atoms with van der Waals surface area (Å²) in [6.07, 6.45) is 4.72. The number of hydrogen-bond acceptors (Lipinski definition) is 8. The molecule has 0 spiro atoms. The van der Waals surface area contributed by atoms with E-state index in [1.165, 1.54) is 30.2 Å². The standard InChI is InChI=1S/C42H47N3O6S2/c1-7-34(39(48)45-40-36(41(49)50-6)31-22-21-28(42(3,4)5)24-35(31)53-40)52-30-19-14-18-29(25-30)43-38(47)32(44-37(46)26-15-10-9-11-16-26)23-27-17-12-13-20-33(27)51-8-2/h9-20,23,25,28,34H,7-8,21-22,24H2,1-6H3,(H,43,47)(H,44,46)(H,45,48)/b32-23+. The van der Waals surface area contributed by atoms with Crippen LogP contribution in [-0.4, -0.2) is 42.7 Å². The van der Waals surface area contributed by atoms with Crippen LogP contribution in [0.4, 0.5) is 10.7 Å². The van der Waals surface area contributed by atoms with Crippen LogP contribution in [0.25, 0.3) is 6.08 Å². The van der Waals surface area contributed by atoms with Crippen molar-refractivity contribution < 1.29 is 28.7 Å². The molecule has 1 aliphatic carbocycles. The molecule has 3 aromatic carbocycles. The number of hydrogen-bond donors (Lipinski definition) is 3. The molecule has 1 aromatic heterocycles. The lowest BCUT2D eigenvalue weighted by atomic mass is 9.72. The number of methoxy groups -OCH3 is 1. The van der Waals surface area contributed by atoms with Gasteiger partial charge in [-0.3, -0.25) is 14.4 Å². The summed E-state index contributed by atoms with van der Waals surface area (Å²) in [4.78, 5) is 55.6. The van der Waals surface area contributed by atoms with Crippen molar-refractivity contribution >= 4 is 63.6 Å². The Hall–Kier alpha value is -4.87. The summed E-state index contributed by atoms with van der Waals surface area (Å²) >= 11 is 2.84. The van der Waals surface area contributed by atoms with Crippen LogP contribution in [0.15, 0.2) is 89.5 Å². The van der Waals surface area contributed by atoms with Crippen molar-refractivity contribution in [3.05, 3.63) is 112 Å². The smallest absolute Gasteiger partial charge is 0.341 e. The van der Waals surface area contributed by atoms with Crippen molar-refractivity contribution in [1.29, 1.82) is 0 Å².